The second-order valence-corrected chi connectivity index (χ2v) is 8.48. The van der Waals surface area contributed by atoms with Crippen molar-refractivity contribution in [3.63, 3.8) is 0 Å². The first kappa shape index (κ1) is 22.3. The highest BCUT2D eigenvalue weighted by Crippen LogP contribution is 2.26. The Bertz CT molecular complexity index is 724. The molecule has 6 heteroatoms. The molecule has 0 spiro atoms. The summed E-state index contributed by atoms with van der Waals surface area (Å²) in [7, 11) is 0. The van der Waals surface area contributed by atoms with Crippen LogP contribution in [0.1, 0.15) is 70.4 Å². The molecule has 0 aromatic heterocycles. The fourth-order valence-corrected chi connectivity index (χ4v) is 4.63. The first-order valence-corrected chi connectivity index (χ1v) is 11.5. The van der Waals surface area contributed by atoms with Gasteiger partial charge in [-0.1, -0.05) is 44.2 Å². The van der Waals surface area contributed by atoms with Gasteiger partial charge < -0.3 is 15.1 Å². The fourth-order valence-electron chi connectivity index (χ4n) is 4.63. The number of piperidine rings is 2. The summed E-state index contributed by atoms with van der Waals surface area (Å²) < 4.78 is 0. The molecule has 0 aliphatic carbocycles. The molecule has 1 unspecified atom stereocenters. The maximum atomic E-state index is 13.3. The lowest BCUT2D eigenvalue weighted by atomic mass is 9.97. The molecular formula is C24H35N3O3. The number of hydrogen-bond acceptors (Lipinski definition) is 3. The van der Waals surface area contributed by atoms with Crippen molar-refractivity contribution in [3.8, 4) is 0 Å². The van der Waals surface area contributed by atoms with Gasteiger partial charge in [-0.2, -0.15) is 0 Å². The number of amides is 3. The normalized spacial score (nSPS) is 19.1. The second-order valence-electron chi connectivity index (χ2n) is 8.48. The SMILES string of the molecule is CCC(CC)C(=O)N1CCC(NC(=O)C(c2ccccc2)N2CCCCC2=O)CC1. The number of carbonyl (C=O) groups excluding carboxylic acids is 3. The molecule has 2 aliphatic heterocycles. The van der Waals surface area contributed by atoms with Crippen molar-refractivity contribution in [1.29, 1.82) is 0 Å². The van der Waals surface area contributed by atoms with E-state index >= 15 is 0 Å². The third-order valence-corrected chi connectivity index (χ3v) is 6.52. The van der Waals surface area contributed by atoms with E-state index in [1.165, 1.54) is 0 Å². The lowest BCUT2D eigenvalue weighted by Gasteiger charge is -2.37. The van der Waals surface area contributed by atoms with Crippen LogP contribution in [-0.4, -0.2) is 53.2 Å². The summed E-state index contributed by atoms with van der Waals surface area (Å²) in [6.07, 6.45) is 5.58. The maximum Gasteiger partial charge on any atom is 0.247 e. The third kappa shape index (κ3) is 5.21. The first-order chi connectivity index (χ1) is 14.5. The van der Waals surface area contributed by atoms with Crippen LogP contribution in [-0.2, 0) is 14.4 Å². The molecule has 3 amide bonds. The summed E-state index contributed by atoms with van der Waals surface area (Å²) in [4.78, 5) is 42.1. The van der Waals surface area contributed by atoms with E-state index in [0.717, 1.165) is 44.1 Å². The van der Waals surface area contributed by atoms with Crippen LogP contribution < -0.4 is 5.32 Å². The van der Waals surface area contributed by atoms with Crippen molar-refractivity contribution in [2.75, 3.05) is 19.6 Å². The second kappa shape index (κ2) is 10.6. The number of nitrogens with one attached hydrogen (secondary N) is 1. The molecule has 1 aromatic carbocycles. The average Bonchev–Trinajstić information content (AvgIpc) is 2.77. The summed E-state index contributed by atoms with van der Waals surface area (Å²) in [5, 5.41) is 3.18. The Morgan fingerprint density at radius 3 is 2.30 bits per heavy atom. The standard InChI is InChI=1S/C24H35N3O3/c1-3-18(4-2)24(30)26-16-13-20(14-17-26)25-23(29)22(19-10-6-5-7-11-19)27-15-9-8-12-21(27)28/h5-7,10-11,18,20,22H,3-4,8-9,12-17H2,1-2H3,(H,25,29). The number of benzene rings is 1. The molecule has 2 fully saturated rings. The number of rotatable bonds is 7. The summed E-state index contributed by atoms with van der Waals surface area (Å²) >= 11 is 0. The zero-order valence-corrected chi connectivity index (χ0v) is 18.3. The summed E-state index contributed by atoms with van der Waals surface area (Å²) in [6.45, 7) is 6.10. The van der Waals surface area contributed by atoms with Gasteiger partial charge in [-0.3, -0.25) is 14.4 Å². The van der Waals surface area contributed by atoms with Gasteiger partial charge in [0.05, 0.1) is 0 Å². The van der Waals surface area contributed by atoms with E-state index in [4.69, 9.17) is 0 Å². The quantitative estimate of drug-likeness (QED) is 0.746. The van der Waals surface area contributed by atoms with Gasteiger partial charge in [0.25, 0.3) is 0 Å². The van der Waals surface area contributed by atoms with Crippen molar-refractivity contribution in [2.45, 2.75) is 70.9 Å². The van der Waals surface area contributed by atoms with E-state index in [9.17, 15) is 14.4 Å². The molecule has 1 aromatic rings. The summed E-state index contributed by atoms with van der Waals surface area (Å²) in [5.74, 6) is 0.284. The molecule has 2 heterocycles. The molecule has 0 radical (unpaired) electrons. The monoisotopic (exact) mass is 413 g/mol. The summed E-state index contributed by atoms with van der Waals surface area (Å²) in [6, 6.07) is 9.03. The maximum absolute atomic E-state index is 13.3. The van der Waals surface area contributed by atoms with Gasteiger partial charge in [-0.05, 0) is 44.1 Å². The molecule has 164 valence electrons. The van der Waals surface area contributed by atoms with Crippen LogP contribution in [0.15, 0.2) is 30.3 Å². The van der Waals surface area contributed by atoms with Crippen LogP contribution >= 0.6 is 0 Å². The smallest absolute Gasteiger partial charge is 0.247 e. The largest absolute Gasteiger partial charge is 0.351 e. The highest BCUT2D eigenvalue weighted by molar-refractivity contribution is 5.89. The molecule has 0 bridgehead atoms. The Balaban J connectivity index is 1.64. The third-order valence-electron chi connectivity index (χ3n) is 6.52. The first-order valence-electron chi connectivity index (χ1n) is 11.5. The molecule has 30 heavy (non-hydrogen) atoms. The van der Waals surface area contributed by atoms with E-state index in [-0.39, 0.29) is 29.7 Å². The van der Waals surface area contributed by atoms with E-state index in [1.807, 2.05) is 35.2 Å². The van der Waals surface area contributed by atoms with Crippen LogP contribution in [0.25, 0.3) is 0 Å². The minimum Gasteiger partial charge on any atom is -0.351 e. The number of carbonyl (C=O) groups is 3. The van der Waals surface area contributed by atoms with Crippen molar-refractivity contribution in [3.05, 3.63) is 35.9 Å². The van der Waals surface area contributed by atoms with Gasteiger partial charge in [0.15, 0.2) is 0 Å². The number of likely N-dealkylation sites (tertiary alicyclic amines) is 2. The Morgan fingerprint density at radius 1 is 1.03 bits per heavy atom. The minimum absolute atomic E-state index is 0.0364. The molecular weight excluding hydrogens is 378 g/mol. The van der Waals surface area contributed by atoms with Gasteiger partial charge in [-0.15, -0.1) is 0 Å². The van der Waals surface area contributed by atoms with E-state index < -0.39 is 6.04 Å². The molecule has 0 saturated carbocycles. The lowest BCUT2D eigenvalue weighted by molar-refractivity contribution is -0.143. The van der Waals surface area contributed by atoms with Gasteiger partial charge in [0, 0.05) is 38.0 Å². The summed E-state index contributed by atoms with van der Waals surface area (Å²) in [5.41, 5.74) is 0.853. The van der Waals surface area contributed by atoms with Crippen molar-refractivity contribution < 1.29 is 14.4 Å². The fraction of sp³-hybridized carbons (Fsp3) is 0.625. The lowest BCUT2D eigenvalue weighted by Crippen LogP contribution is -2.51. The van der Waals surface area contributed by atoms with Crippen molar-refractivity contribution >= 4 is 17.7 Å². The van der Waals surface area contributed by atoms with Gasteiger partial charge in [0.1, 0.15) is 6.04 Å². The topological polar surface area (TPSA) is 69.7 Å². The van der Waals surface area contributed by atoms with E-state index in [1.54, 1.807) is 4.90 Å². The van der Waals surface area contributed by atoms with Crippen molar-refractivity contribution in [1.82, 2.24) is 15.1 Å². The highest BCUT2D eigenvalue weighted by atomic mass is 16.2. The Kier molecular flexibility index (Phi) is 7.88. The van der Waals surface area contributed by atoms with Crippen LogP contribution in [0.2, 0.25) is 0 Å². The van der Waals surface area contributed by atoms with Gasteiger partial charge in [0.2, 0.25) is 17.7 Å². The highest BCUT2D eigenvalue weighted by Gasteiger charge is 2.34. The predicted molar refractivity (Wildman–Crippen MR) is 117 cm³/mol. The Labute approximate surface area is 180 Å². The van der Waals surface area contributed by atoms with Crippen LogP contribution in [0, 0.1) is 5.92 Å². The Hall–Kier alpha value is -2.37. The molecule has 6 nitrogen and oxygen atoms in total. The zero-order valence-electron chi connectivity index (χ0n) is 18.3. The molecule has 1 atom stereocenters. The zero-order chi connectivity index (χ0) is 21.5. The van der Waals surface area contributed by atoms with E-state index in [2.05, 4.69) is 19.2 Å². The number of nitrogens with zero attached hydrogens (tertiary/aromatic N) is 2. The Morgan fingerprint density at radius 2 is 1.70 bits per heavy atom. The molecule has 3 rings (SSSR count). The minimum atomic E-state index is -0.580. The van der Waals surface area contributed by atoms with Gasteiger partial charge in [-0.25, -0.2) is 0 Å². The van der Waals surface area contributed by atoms with Crippen LogP contribution in [0.5, 0.6) is 0 Å². The van der Waals surface area contributed by atoms with Gasteiger partial charge >= 0.3 is 0 Å². The van der Waals surface area contributed by atoms with Crippen molar-refractivity contribution in [2.24, 2.45) is 5.92 Å². The molecule has 1 N–H and O–H groups in total. The predicted octanol–water partition coefficient (Wildman–Crippen LogP) is 3.28. The molecule has 2 saturated heterocycles. The number of hydrogen-bond donors (Lipinski definition) is 1. The molecule has 2 aliphatic rings. The van der Waals surface area contributed by atoms with Crippen LogP contribution in [0.4, 0.5) is 0 Å². The average molecular weight is 414 g/mol. The van der Waals surface area contributed by atoms with E-state index in [0.29, 0.717) is 26.1 Å². The van der Waals surface area contributed by atoms with Crippen LogP contribution in [0.3, 0.4) is 0 Å².